The van der Waals surface area contributed by atoms with Crippen LogP contribution in [-0.4, -0.2) is 0 Å². The molecular formula is C26H38Zr. The molecule has 3 saturated carbocycles. The summed E-state index contributed by atoms with van der Waals surface area (Å²) in [7, 11) is 0. The molecule has 0 N–H and O–H groups in total. The molecule has 0 heterocycles. The molecule has 0 saturated heterocycles. The summed E-state index contributed by atoms with van der Waals surface area (Å²) in [5.74, 6) is 1.57. The average Bonchev–Trinajstić information content (AvgIpc) is 3.47. The first kappa shape index (κ1) is 27.9. The Morgan fingerprint density at radius 3 is 1.63 bits per heavy atom. The number of unbranched alkanes of at least 4 members (excludes halogenated alkanes) is 8. The fourth-order valence-electron chi connectivity index (χ4n) is 2.94. The van der Waals surface area contributed by atoms with Crippen molar-refractivity contribution in [3.63, 3.8) is 0 Å². The van der Waals surface area contributed by atoms with Gasteiger partial charge in [0.1, 0.15) is 0 Å². The van der Waals surface area contributed by atoms with Crippen molar-refractivity contribution in [2.75, 3.05) is 0 Å². The normalized spacial score (nSPS) is 19.0. The van der Waals surface area contributed by atoms with Gasteiger partial charge in [-0.3, -0.25) is 0 Å². The van der Waals surface area contributed by atoms with E-state index in [4.69, 9.17) is 0 Å². The van der Waals surface area contributed by atoms with Gasteiger partial charge >= 0.3 is 0 Å². The van der Waals surface area contributed by atoms with E-state index in [2.05, 4.69) is 26.2 Å². The second-order valence-electron chi connectivity index (χ2n) is 6.91. The molecule has 0 spiro atoms. The van der Waals surface area contributed by atoms with Gasteiger partial charge < -0.3 is 0 Å². The zero-order valence-electron chi connectivity index (χ0n) is 17.3. The van der Waals surface area contributed by atoms with E-state index in [1.54, 1.807) is 5.92 Å². The fourth-order valence-corrected chi connectivity index (χ4v) is 2.94. The maximum atomic E-state index is 2.39. The summed E-state index contributed by atoms with van der Waals surface area (Å²) in [5, 5.41) is 0. The molecular weight excluding hydrogens is 404 g/mol. The molecule has 146 valence electrons. The van der Waals surface area contributed by atoms with Crippen molar-refractivity contribution in [1.82, 2.24) is 0 Å². The van der Waals surface area contributed by atoms with Gasteiger partial charge in [-0.05, 0) is 109 Å². The summed E-state index contributed by atoms with van der Waals surface area (Å²) in [6.45, 7) is 2.28. The van der Waals surface area contributed by atoms with Crippen molar-refractivity contribution in [1.29, 1.82) is 0 Å². The van der Waals surface area contributed by atoms with Crippen LogP contribution in [0.25, 0.3) is 0 Å². The molecule has 3 aliphatic rings. The number of hydrogen-bond acceptors (Lipinski definition) is 0. The molecule has 3 fully saturated rings. The molecule has 0 aromatic carbocycles. The summed E-state index contributed by atoms with van der Waals surface area (Å²) in [4.78, 5) is 0. The molecule has 27 heavy (non-hydrogen) atoms. The van der Waals surface area contributed by atoms with Gasteiger partial charge in [-0.1, -0.05) is 58.3 Å². The minimum absolute atomic E-state index is 0. The molecule has 3 aliphatic carbocycles. The quantitative estimate of drug-likeness (QED) is 0.307. The van der Waals surface area contributed by atoms with E-state index in [1.807, 2.05) is 64.2 Å². The van der Waals surface area contributed by atoms with Crippen LogP contribution in [0.15, 0.2) is 0 Å². The maximum Gasteiger partial charge on any atom is 0 e. The van der Waals surface area contributed by atoms with E-state index in [0.29, 0.717) is 0 Å². The van der Waals surface area contributed by atoms with Crippen LogP contribution in [0.4, 0.5) is 0 Å². The minimum atomic E-state index is 0. The summed E-state index contributed by atoms with van der Waals surface area (Å²) in [6.07, 6.45) is 42.3. The molecule has 0 aromatic heterocycles. The third-order valence-electron chi connectivity index (χ3n) is 4.49. The van der Waals surface area contributed by atoms with Gasteiger partial charge in [0, 0.05) is 26.2 Å². The van der Waals surface area contributed by atoms with Crippen molar-refractivity contribution in [3.05, 3.63) is 89.4 Å². The Bertz CT molecular complexity index is 224. The number of hydrogen-bond donors (Lipinski definition) is 0. The van der Waals surface area contributed by atoms with Crippen LogP contribution in [0.2, 0.25) is 0 Å². The Kier molecular flexibility index (Phi) is 23.9. The van der Waals surface area contributed by atoms with E-state index in [0.717, 1.165) is 0 Å². The Morgan fingerprint density at radius 2 is 1.19 bits per heavy atom. The van der Waals surface area contributed by atoms with Gasteiger partial charge in [0.15, 0.2) is 0 Å². The summed E-state index contributed by atoms with van der Waals surface area (Å²) in [5.41, 5.74) is 0. The van der Waals surface area contributed by atoms with E-state index >= 15 is 0 Å². The number of rotatable bonds is 10. The van der Waals surface area contributed by atoms with Crippen LogP contribution in [0.1, 0.15) is 77.6 Å². The molecule has 0 nitrogen and oxygen atoms in total. The molecule has 1 heteroatoms. The van der Waals surface area contributed by atoms with E-state index in [1.165, 1.54) is 70.6 Å². The van der Waals surface area contributed by atoms with E-state index < -0.39 is 0 Å². The zero-order chi connectivity index (χ0) is 18.5. The monoisotopic (exact) mass is 440 g/mol. The second-order valence-corrected chi connectivity index (χ2v) is 6.91. The van der Waals surface area contributed by atoms with Gasteiger partial charge in [-0.15, -0.1) is 0 Å². The first-order valence-corrected chi connectivity index (χ1v) is 10.6. The van der Waals surface area contributed by atoms with Crippen LogP contribution in [-0.2, 0) is 26.2 Å². The smallest absolute Gasteiger partial charge is 0 e. The Labute approximate surface area is 192 Å². The Hall–Kier alpha value is 0.883. The predicted octanol–water partition coefficient (Wildman–Crippen LogP) is 7.54. The summed E-state index contributed by atoms with van der Waals surface area (Å²) >= 11 is 0. The summed E-state index contributed by atoms with van der Waals surface area (Å²) in [6, 6.07) is 0. The van der Waals surface area contributed by atoms with Crippen LogP contribution >= 0.6 is 0 Å². The maximum absolute atomic E-state index is 2.39. The average molecular weight is 442 g/mol. The Balaban J connectivity index is 0.000000496. The minimum Gasteiger partial charge on any atom is -0.0654 e. The van der Waals surface area contributed by atoms with Gasteiger partial charge in [-0.25, -0.2) is 0 Å². The second kappa shape index (κ2) is 23.2. The third kappa shape index (κ3) is 20.0. The molecule has 3 rings (SSSR count). The molecule has 14 radical (unpaired) electrons. The van der Waals surface area contributed by atoms with Crippen LogP contribution in [0.5, 0.6) is 0 Å². The van der Waals surface area contributed by atoms with Gasteiger partial charge in [0.2, 0.25) is 0 Å². The third-order valence-corrected chi connectivity index (χ3v) is 4.49. The van der Waals surface area contributed by atoms with Crippen molar-refractivity contribution >= 4 is 0 Å². The molecule has 0 aromatic rings. The molecule has 0 aliphatic heterocycles. The largest absolute Gasteiger partial charge is 0.0654 e. The van der Waals surface area contributed by atoms with Gasteiger partial charge in [-0.2, -0.15) is 0 Å². The molecule has 0 bridgehead atoms. The van der Waals surface area contributed by atoms with Gasteiger partial charge in [0.05, 0.1) is 0 Å². The van der Waals surface area contributed by atoms with Crippen molar-refractivity contribution < 1.29 is 26.2 Å². The van der Waals surface area contributed by atoms with E-state index in [-0.39, 0.29) is 26.2 Å². The topological polar surface area (TPSA) is 0 Å². The molecule has 0 amide bonds. The Morgan fingerprint density at radius 1 is 0.704 bits per heavy atom. The zero-order valence-corrected chi connectivity index (χ0v) is 19.7. The standard InChI is InChI=1S/C16H28.2C5H5.Zr/c1-2-3-4-5-6-7-8-9-10-13-16-14-11-12-15-16;2*1-2-4-5-3-1;/h10,13-14H,2-9,11-12,15H2,1H3;2*1-5H;. The predicted molar refractivity (Wildman–Crippen MR) is 116 cm³/mol. The summed E-state index contributed by atoms with van der Waals surface area (Å²) < 4.78 is 0. The van der Waals surface area contributed by atoms with E-state index in [9.17, 15) is 0 Å². The van der Waals surface area contributed by atoms with Crippen LogP contribution < -0.4 is 0 Å². The first-order valence-electron chi connectivity index (χ1n) is 10.6. The van der Waals surface area contributed by atoms with Crippen molar-refractivity contribution in [3.8, 4) is 0 Å². The van der Waals surface area contributed by atoms with Crippen molar-refractivity contribution in [2.45, 2.75) is 77.6 Å². The van der Waals surface area contributed by atoms with Crippen LogP contribution in [0, 0.1) is 89.4 Å². The van der Waals surface area contributed by atoms with Gasteiger partial charge in [0.25, 0.3) is 0 Å². The molecule has 0 atom stereocenters. The van der Waals surface area contributed by atoms with Crippen LogP contribution in [0.3, 0.4) is 0 Å². The first-order chi connectivity index (χ1) is 12.9. The SMILES string of the molecule is CCCCCCCCC[CH][CH][C]1[CH]CCC1.[CH]1[CH][CH][CH][CH]1.[CH]1[CH][CH][CH][CH]1.[Zr]. The fraction of sp³-hybridized carbons (Fsp3) is 0.462. The molecule has 0 unspecified atom stereocenters. The van der Waals surface area contributed by atoms with Crippen molar-refractivity contribution in [2.24, 2.45) is 0 Å².